The van der Waals surface area contributed by atoms with Gasteiger partial charge in [0.1, 0.15) is 0 Å². The molecule has 70 valence electrons. The van der Waals surface area contributed by atoms with E-state index in [0.717, 1.165) is 5.69 Å². The molecule has 2 rings (SSSR count). The molecule has 0 amide bonds. The van der Waals surface area contributed by atoms with Crippen molar-refractivity contribution in [2.75, 3.05) is 0 Å². The maximum absolute atomic E-state index is 10.6. The molecular formula is C9H7N3O2. The summed E-state index contributed by atoms with van der Waals surface area (Å²) in [6.45, 7) is 0. The molecule has 0 spiro atoms. The zero-order chi connectivity index (χ0) is 9.97. The molecular weight excluding hydrogens is 182 g/mol. The molecule has 1 N–H and O–H groups in total. The third-order valence-electron chi connectivity index (χ3n) is 1.76. The molecule has 1 aromatic heterocycles. The molecule has 5 heteroatoms. The Morgan fingerprint density at radius 3 is 2.21 bits per heavy atom. The van der Waals surface area contributed by atoms with Crippen molar-refractivity contribution in [3.05, 3.63) is 42.2 Å². The van der Waals surface area contributed by atoms with Crippen LogP contribution in [0.15, 0.2) is 36.7 Å². The smallest absolute Gasteiger partial charge is 0.335 e. The fourth-order valence-corrected chi connectivity index (χ4v) is 1.09. The summed E-state index contributed by atoms with van der Waals surface area (Å²) in [5.41, 5.74) is 0.987. The lowest BCUT2D eigenvalue weighted by atomic mass is 10.2. The van der Waals surface area contributed by atoms with Gasteiger partial charge in [-0.2, -0.15) is 15.0 Å². The summed E-state index contributed by atoms with van der Waals surface area (Å²) in [5.74, 6) is -0.940. The van der Waals surface area contributed by atoms with Gasteiger partial charge in [0.25, 0.3) is 0 Å². The van der Waals surface area contributed by atoms with Gasteiger partial charge in [-0.25, -0.2) is 4.79 Å². The van der Waals surface area contributed by atoms with E-state index < -0.39 is 5.97 Å². The Morgan fingerprint density at radius 2 is 1.71 bits per heavy atom. The Bertz CT molecular complexity index is 434. The molecule has 0 atom stereocenters. The predicted molar refractivity (Wildman–Crippen MR) is 48.3 cm³/mol. The SMILES string of the molecule is O=C(O)c1ccc(-n2nccn2)cc1. The first-order valence-electron chi connectivity index (χ1n) is 3.97. The van der Waals surface area contributed by atoms with Crippen molar-refractivity contribution in [1.29, 1.82) is 0 Å². The van der Waals surface area contributed by atoms with E-state index in [1.165, 1.54) is 16.9 Å². The van der Waals surface area contributed by atoms with E-state index in [0.29, 0.717) is 0 Å². The number of hydrogen-bond acceptors (Lipinski definition) is 3. The van der Waals surface area contributed by atoms with E-state index in [2.05, 4.69) is 10.2 Å². The van der Waals surface area contributed by atoms with E-state index in [-0.39, 0.29) is 5.56 Å². The number of hydrogen-bond donors (Lipinski definition) is 1. The van der Waals surface area contributed by atoms with E-state index in [1.807, 2.05) is 0 Å². The van der Waals surface area contributed by atoms with Crippen LogP contribution >= 0.6 is 0 Å². The van der Waals surface area contributed by atoms with Gasteiger partial charge in [0.15, 0.2) is 0 Å². The van der Waals surface area contributed by atoms with Gasteiger partial charge in [0, 0.05) is 0 Å². The highest BCUT2D eigenvalue weighted by molar-refractivity contribution is 5.87. The van der Waals surface area contributed by atoms with Crippen molar-refractivity contribution in [3.63, 3.8) is 0 Å². The molecule has 5 nitrogen and oxygen atoms in total. The number of carboxylic acids is 1. The summed E-state index contributed by atoms with van der Waals surface area (Å²) < 4.78 is 0. The Labute approximate surface area is 79.6 Å². The summed E-state index contributed by atoms with van der Waals surface area (Å²) in [4.78, 5) is 12.0. The Kier molecular flexibility index (Phi) is 1.98. The van der Waals surface area contributed by atoms with Crippen molar-refractivity contribution in [2.24, 2.45) is 0 Å². The minimum atomic E-state index is -0.940. The highest BCUT2D eigenvalue weighted by atomic mass is 16.4. The monoisotopic (exact) mass is 189 g/mol. The van der Waals surface area contributed by atoms with Crippen LogP contribution in [0.1, 0.15) is 10.4 Å². The van der Waals surface area contributed by atoms with Gasteiger partial charge in [-0.3, -0.25) is 0 Å². The van der Waals surface area contributed by atoms with Crippen LogP contribution in [0.4, 0.5) is 0 Å². The van der Waals surface area contributed by atoms with Crippen LogP contribution in [-0.2, 0) is 0 Å². The largest absolute Gasteiger partial charge is 0.478 e. The second-order valence-electron chi connectivity index (χ2n) is 2.67. The van der Waals surface area contributed by atoms with Crippen molar-refractivity contribution < 1.29 is 9.90 Å². The topological polar surface area (TPSA) is 68.0 Å². The van der Waals surface area contributed by atoms with E-state index >= 15 is 0 Å². The zero-order valence-corrected chi connectivity index (χ0v) is 7.16. The first-order chi connectivity index (χ1) is 6.77. The van der Waals surface area contributed by atoms with Gasteiger partial charge in [-0.1, -0.05) is 0 Å². The number of carboxylic acid groups (broad SMARTS) is 1. The standard InChI is InChI=1S/C9H7N3O2/c13-9(14)7-1-3-8(4-2-7)12-10-5-6-11-12/h1-6H,(H,13,14). The number of carbonyl (C=O) groups is 1. The summed E-state index contributed by atoms with van der Waals surface area (Å²) in [5, 5.41) is 16.5. The molecule has 0 aliphatic rings. The molecule has 2 aromatic rings. The van der Waals surface area contributed by atoms with Gasteiger partial charge in [0.05, 0.1) is 23.6 Å². The summed E-state index contributed by atoms with van der Waals surface area (Å²) in [7, 11) is 0. The molecule has 0 fully saturated rings. The summed E-state index contributed by atoms with van der Waals surface area (Å²) in [6, 6.07) is 6.34. The third-order valence-corrected chi connectivity index (χ3v) is 1.76. The highest BCUT2D eigenvalue weighted by Gasteiger charge is 2.02. The van der Waals surface area contributed by atoms with Crippen LogP contribution in [-0.4, -0.2) is 26.1 Å². The Balaban J connectivity index is 2.36. The summed E-state index contributed by atoms with van der Waals surface area (Å²) >= 11 is 0. The minimum absolute atomic E-state index is 0.251. The van der Waals surface area contributed by atoms with Crippen LogP contribution < -0.4 is 0 Å². The van der Waals surface area contributed by atoms with E-state index in [4.69, 9.17) is 5.11 Å². The molecule has 0 saturated carbocycles. The maximum Gasteiger partial charge on any atom is 0.335 e. The lowest BCUT2D eigenvalue weighted by Gasteiger charge is -1.99. The molecule has 1 aromatic carbocycles. The van der Waals surface area contributed by atoms with Crippen molar-refractivity contribution in [1.82, 2.24) is 15.0 Å². The average molecular weight is 189 g/mol. The molecule has 14 heavy (non-hydrogen) atoms. The zero-order valence-electron chi connectivity index (χ0n) is 7.16. The predicted octanol–water partition coefficient (Wildman–Crippen LogP) is 0.965. The number of aromatic carboxylic acids is 1. The van der Waals surface area contributed by atoms with E-state index in [9.17, 15) is 4.79 Å². The van der Waals surface area contributed by atoms with Gasteiger partial charge < -0.3 is 5.11 Å². The Morgan fingerprint density at radius 1 is 1.14 bits per heavy atom. The van der Waals surface area contributed by atoms with Gasteiger partial charge in [0.2, 0.25) is 0 Å². The highest BCUT2D eigenvalue weighted by Crippen LogP contribution is 2.06. The molecule has 0 saturated heterocycles. The van der Waals surface area contributed by atoms with Gasteiger partial charge >= 0.3 is 5.97 Å². The first-order valence-corrected chi connectivity index (χ1v) is 3.97. The molecule has 0 unspecified atom stereocenters. The van der Waals surface area contributed by atoms with Crippen LogP contribution in [0.25, 0.3) is 5.69 Å². The van der Waals surface area contributed by atoms with E-state index in [1.54, 1.807) is 24.5 Å². The minimum Gasteiger partial charge on any atom is -0.478 e. The lowest BCUT2D eigenvalue weighted by Crippen LogP contribution is -2.00. The molecule has 0 radical (unpaired) electrons. The van der Waals surface area contributed by atoms with Gasteiger partial charge in [-0.15, -0.1) is 0 Å². The number of rotatable bonds is 2. The fraction of sp³-hybridized carbons (Fsp3) is 0. The normalized spacial score (nSPS) is 10.0. The first kappa shape index (κ1) is 8.43. The molecule has 0 aliphatic carbocycles. The molecule has 0 bridgehead atoms. The van der Waals surface area contributed by atoms with Crippen LogP contribution in [0.3, 0.4) is 0 Å². The number of aromatic nitrogens is 3. The molecule has 0 aliphatic heterocycles. The second-order valence-corrected chi connectivity index (χ2v) is 2.67. The van der Waals surface area contributed by atoms with Crippen LogP contribution in [0, 0.1) is 0 Å². The van der Waals surface area contributed by atoms with Crippen molar-refractivity contribution in [3.8, 4) is 5.69 Å². The Hall–Kier alpha value is -2.17. The van der Waals surface area contributed by atoms with Crippen molar-refractivity contribution >= 4 is 5.97 Å². The summed E-state index contributed by atoms with van der Waals surface area (Å²) in [6.07, 6.45) is 3.12. The van der Waals surface area contributed by atoms with Crippen LogP contribution in [0.5, 0.6) is 0 Å². The third kappa shape index (κ3) is 1.47. The number of nitrogens with zero attached hydrogens (tertiary/aromatic N) is 3. The quantitative estimate of drug-likeness (QED) is 0.764. The molecule has 1 heterocycles. The van der Waals surface area contributed by atoms with Gasteiger partial charge in [-0.05, 0) is 24.3 Å². The lowest BCUT2D eigenvalue weighted by molar-refractivity contribution is 0.0697. The van der Waals surface area contributed by atoms with Crippen molar-refractivity contribution in [2.45, 2.75) is 0 Å². The second kappa shape index (κ2) is 3.29. The number of benzene rings is 1. The van der Waals surface area contributed by atoms with Crippen LogP contribution in [0.2, 0.25) is 0 Å². The maximum atomic E-state index is 10.6. The fourth-order valence-electron chi connectivity index (χ4n) is 1.09. The average Bonchev–Trinajstić information content (AvgIpc) is 2.71.